The van der Waals surface area contributed by atoms with Crippen molar-refractivity contribution in [1.29, 1.82) is 0 Å². The van der Waals surface area contributed by atoms with Crippen molar-refractivity contribution in [1.82, 2.24) is 5.32 Å². The molecule has 136 valence electrons. The van der Waals surface area contributed by atoms with Gasteiger partial charge in [0.25, 0.3) is 11.6 Å². The molecule has 0 saturated carbocycles. The Bertz CT molecular complexity index is 868. The van der Waals surface area contributed by atoms with Crippen LogP contribution in [0, 0.1) is 22.9 Å². The maximum atomic E-state index is 13.3. The fourth-order valence-electron chi connectivity index (χ4n) is 2.18. The molecule has 1 amide bonds. The number of aliphatic carboxylic acids is 1. The average molecular weight is 362 g/mol. The van der Waals surface area contributed by atoms with E-state index >= 15 is 0 Å². The summed E-state index contributed by atoms with van der Waals surface area (Å²) in [6.07, 6.45) is 0. The van der Waals surface area contributed by atoms with Crippen molar-refractivity contribution in [3.05, 3.63) is 69.0 Å². The number of nitrogens with zero attached hydrogens (tertiary/aromatic N) is 1. The van der Waals surface area contributed by atoms with Crippen molar-refractivity contribution in [2.24, 2.45) is 0 Å². The summed E-state index contributed by atoms with van der Waals surface area (Å²) in [5.41, 5.74) is 0.886. The van der Waals surface area contributed by atoms with Gasteiger partial charge in [-0.05, 0) is 24.6 Å². The monoisotopic (exact) mass is 362 g/mol. The number of hydrogen-bond donors (Lipinski definition) is 2. The van der Waals surface area contributed by atoms with Crippen LogP contribution in [-0.4, -0.2) is 28.5 Å². The molecule has 0 atom stereocenters. The zero-order valence-corrected chi connectivity index (χ0v) is 13.7. The predicted molar refractivity (Wildman–Crippen MR) is 88.5 cm³/mol. The number of rotatable bonds is 7. The molecule has 8 nitrogen and oxygen atoms in total. The molecule has 0 heterocycles. The van der Waals surface area contributed by atoms with Crippen LogP contribution in [0.1, 0.15) is 21.5 Å². The van der Waals surface area contributed by atoms with E-state index in [9.17, 15) is 24.1 Å². The number of carbonyl (C=O) groups is 2. The summed E-state index contributed by atoms with van der Waals surface area (Å²) in [5, 5.41) is 22.1. The number of hydrogen-bond acceptors (Lipinski definition) is 5. The first-order chi connectivity index (χ1) is 12.3. The highest BCUT2D eigenvalue weighted by Crippen LogP contribution is 2.21. The van der Waals surface area contributed by atoms with E-state index in [2.05, 4.69) is 5.32 Å². The Hall–Kier alpha value is -3.49. The Kier molecular flexibility index (Phi) is 5.84. The minimum absolute atomic E-state index is 0.00427. The van der Waals surface area contributed by atoms with Crippen molar-refractivity contribution < 1.29 is 28.7 Å². The van der Waals surface area contributed by atoms with Gasteiger partial charge >= 0.3 is 5.97 Å². The number of carboxylic acids is 1. The van der Waals surface area contributed by atoms with Crippen LogP contribution < -0.4 is 10.1 Å². The number of carbonyl (C=O) groups excluding carboxylic acids is 1. The van der Waals surface area contributed by atoms with Gasteiger partial charge < -0.3 is 15.2 Å². The summed E-state index contributed by atoms with van der Waals surface area (Å²) >= 11 is 0. The SMILES string of the molecule is Cc1ccc(CNC(=O)c2ccc(F)cc2OCC(=O)O)cc1[N+](=O)[O-]. The number of benzene rings is 2. The van der Waals surface area contributed by atoms with Gasteiger partial charge in [0, 0.05) is 24.2 Å². The Balaban J connectivity index is 2.14. The number of halogens is 1. The molecular weight excluding hydrogens is 347 g/mol. The van der Waals surface area contributed by atoms with Crippen LogP contribution in [0.25, 0.3) is 0 Å². The smallest absolute Gasteiger partial charge is 0.341 e. The molecule has 0 fully saturated rings. The molecule has 0 spiro atoms. The number of ether oxygens (including phenoxy) is 1. The van der Waals surface area contributed by atoms with Gasteiger partial charge in [-0.15, -0.1) is 0 Å². The molecule has 0 saturated heterocycles. The van der Waals surface area contributed by atoms with Crippen LogP contribution in [0.15, 0.2) is 36.4 Å². The summed E-state index contributed by atoms with van der Waals surface area (Å²) in [4.78, 5) is 33.3. The van der Waals surface area contributed by atoms with Gasteiger partial charge in [0.15, 0.2) is 6.61 Å². The minimum Gasteiger partial charge on any atom is -0.481 e. The van der Waals surface area contributed by atoms with Crippen LogP contribution in [0.2, 0.25) is 0 Å². The van der Waals surface area contributed by atoms with E-state index in [0.29, 0.717) is 11.1 Å². The molecule has 0 aliphatic carbocycles. The standard InChI is InChI=1S/C17H15FN2O6/c1-10-2-3-11(6-14(10)20(24)25)8-19-17(23)13-5-4-12(18)7-15(13)26-9-16(21)22/h2-7H,8-9H2,1H3,(H,19,23)(H,21,22). The molecule has 2 rings (SSSR count). The number of nitro benzene ring substituents is 1. The highest BCUT2D eigenvalue weighted by Gasteiger charge is 2.16. The normalized spacial score (nSPS) is 10.2. The first-order valence-corrected chi connectivity index (χ1v) is 7.44. The number of amides is 1. The van der Waals surface area contributed by atoms with Gasteiger partial charge in [-0.25, -0.2) is 9.18 Å². The topological polar surface area (TPSA) is 119 Å². The van der Waals surface area contributed by atoms with Crippen molar-refractivity contribution in [3.8, 4) is 5.75 Å². The highest BCUT2D eigenvalue weighted by molar-refractivity contribution is 5.97. The lowest BCUT2D eigenvalue weighted by molar-refractivity contribution is -0.385. The zero-order valence-electron chi connectivity index (χ0n) is 13.7. The Labute approximate surface area is 147 Å². The van der Waals surface area contributed by atoms with Gasteiger partial charge in [0.2, 0.25) is 0 Å². The van der Waals surface area contributed by atoms with Gasteiger partial charge in [0.05, 0.1) is 10.5 Å². The van der Waals surface area contributed by atoms with Gasteiger partial charge in [-0.3, -0.25) is 14.9 Å². The lowest BCUT2D eigenvalue weighted by Crippen LogP contribution is -2.24. The third-order valence-electron chi connectivity index (χ3n) is 3.46. The van der Waals surface area contributed by atoms with Crippen LogP contribution in [0.3, 0.4) is 0 Å². The summed E-state index contributed by atoms with van der Waals surface area (Å²) in [7, 11) is 0. The Morgan fingerprint density at radius 1 is 1.27 bits per heavy atom. The van der Waals surface area contributed by atoms with Gasteiger partial charge in [-0.1, -0.05) is 12.1 Å². The number of aryl methyl sites for hydroxylation is 1. The lowest BCUT2D eigenvalue weighted by atomic mass is 10.1. The quantitative estimate of drug-likeness (QED) is 0.577. The molecule has 0 aliphatic rings. The highest BCUT2D eigenvalue weighted by atomic mass is 19.1. The molecular formula is C17H15FN2O6. The molecule has 9 heteroatoms. The Morgan fingerprint density at radius 2 is 2.00 bits per heavy atom. The Morgan fingerprint density at radius 3 is 2.65 bits per heavy atom. The van der Waals surface area contributed by atoms with Crippen molar-refractivity contribution in [2.75, 3.05) is 6.61 Å². The van der Waals surface area contributed by atoms with Crippen LogP contribution in [0.5, 0.6) is 5.75 Å². The van der Waals surface area contributed by atoms with Crippen molar-refractivity contribution in [3.63, 3.8) is 0 Å². The number of nitro groups is 1. The summed E-state index contributed by atoms with van der Waals surface area (Å²) in [5.74, 6) is -2.79. The largest absolute Gasteiger partial charge is 0.481 e. The molecule has 0 unspecified atom stereocenters. The summed E-state index contributed by atoms with van der Waals surface area (Å²) in [6, 6.07) is 7.67. The molecule has 0 bridgehead atoms. The average Bonchev–Trinajstić information content (AvgIpc) is 2.58. The van der Waals surface area contributed by atoms with Crippen LogP contribution in [-0.2, 0) is 11.3 Å². The van der Waals surface area contributed by atoms with E-state index in [0.717, 1.165) is 12.1 Å². The molecule has 2 N–H and O–H groups in total. The summed E-state index contributed by atoms with van der Waals surface area (Å²) < 4.78 is 18.2. The fraction of sp³-hybridized carbons (Fsp3) is 0.176. The third kappa shape index (κ3) is 4.76. The maximum Gasteiger partial charge on any atom is 0.341 e. The molecule has 0 aromatic heterocycles. The maximum absolute atomic E-state index is 13.3. The lowest BCUT2D eigenvalue weighted by Gasteiger charge is -2.11. The van der Waals surface area contributed by atoms with Gasteiger partial charge in [-0.2, -0.15) is 0 Å². The minimum atomic E-state index is -1.27. The zero-order chi connectivity index (χ0) is 19.3. The van der Waals surface area contributed by atoms with E-state index in [4.69, 9.17) is 9.84 Å². The van der Waals surface area contributed by atoms with Crippen molar-refractivity contribution >= 4 is 17.6 Å². The number of nitrogens with one attached hydrogen (secondary N) is 1. The second-order valence-corrected chi connectivity index (χ2v) is 5.38. The molecule has 2 aromatic carbocycles. The van der Waals surface area contributed by atoms with Crippen molar-refractivity contribution in [2.45, 2.75) is 13.5 Å². The van der Waals surface area contributed by atoms with Gasteiger partial charge in [0.1, 0.15) is 11.6 Å². The van der Waals surface area contributed by atoms with Crippen LogP contribution >= 0.6 is 0 Å². The van der Waals surface area contributed by atoms with E-state index in [1.807, 2.05) is 0 Å². The molecule has 26 heavy (non-hydrogen) atoms. The van der Waals surface area contributed by atoms with E-state index in [-0.39, 0.29) is 23.5 Å². The predicted octanol–water partition coefficient (Wildman–Crippen LogP) is 2.44. The van der Waals surface area contributed by atoms with E-state index in [1.54, 1.807) is 19.1 Å². The second kappa shape index (κ2) is 8.06. The summed E-state index contributed by atoms with van der Waals surface area (Å²) in [6.45, 7) is 0.870. The molecule has 2 aromatic rings. The fourth-order valence-corrected chi connectivity index (χ4v) is 2.18. The first-order valence-electron chi connectivity index (χ1n) is 7.44. The van der Waals surface area contributed by atoms with E-state index in [1.165, 1.54) is 12.1 Å². The first kappa shape index (κ1) is 18.8. The second-order valence-electron chi connectivity index (χ2n) is 5.38. The molecule has 0 aliphatic heterocycles. The van der Waals surface area contributed by atoms with E-state index < -0.39 is 29.2 Å². The third-order valence-corrected chi connectivity index (χ3v) is 3.46. The molecule has 0 radical (unpaired) electrons. The van der Waals surface area contributed by atoms with Crippen LogP contribution in [0.4, 0.5) is 10.1 Å². The number of carboxylic acid groups (broad SMARTS) is 1.